The van der Waals surface area contributed by atoms with Gasteiger partial charge in [0.15, 0.2) is 0 Å². The van der Waals surface area contributed by atoms with Crippen LogP contribution in [-0.4, -0.2) is 25.8 Å². The Morgan fingerprint density at radius 1 is 1.28 bits per heavy atom. The number of carbonyl (C=O) groups excluding carboxylic acids is 1. The molecule has 0 fully saturated rings. The first-order valence-corrected chi connectivity index (χ1v) is 11.1. The van der Waals surface area contributed by atoms with E-state index in [0.717, 1.165) is 65.8 Å². The fourth-order valence-electron chi connectivity index (χ4n) is 4.46. The smallest absolute Gasteiger partial charge is 0.259 e. The minimum atomic E-state index is -0.0708. The molecule has 0 spiro atoms. The monoisotopic (exact) mass is 409 g/mol. The van der Waals surface area contributed by atoms with Gasteiger partial charge in [-0.05, 0) is 51.0 Å². The molecule has 0 aromatic carbocycles. The molecule has 0 saturated carbocycles. The molecule has 150 valence electrons. The van der Waals surface area contributed by atoms with Crippen LogP contribution >= 0.6 is 11.3 Å². The van der Waals surface area contributed by atoms with Crippen LogP contribution in [-0.2, 0) is 30.5 Å². The molecular weight excluding hydrogens is 386 g/mol. The highest BCUT2D eigenvalue weighted by Crippen LogP contribution is 2.34. The largest absolute Gasteiger partial charge is 0.349 e. The summed E-state index contributed by atoms with van der Waals surface area (Å²) in [5, 5.41) is 3.87. The van der Waals surface area contributed by atoms with Crippen molar-refractivity contribution in [1.82, 2.24) is 25.3 Å². The van der Waals surface area contributed by atoms with Gasteiger partial charge in [0.2, 0.25) is 5.91 Å². The van der Waals surface area contributed by atoms with Crippen LogP contribution in [0.3, 0.4) is 0 Å². The number of fused-ring (bicyclic) bond motifs is 4. The molecule has 1 amide bonds. The van der Waals surface area contributed by atoms with Crippen molar-refractivity contribution in [2.45, 2.75) is 64.3 Å². The van der Waals surface area contributed by atoms with E-state index in [2.05, 4.69) is 25.3 Å². The highest BCUT2D eigenvalue weighted by molar-refractivity contribution is 7.18. The van der Waals surface area contributed by atoms with Gasteiger partial charge in [0.25, 0.3) is 5.56 Å². The summed E-state index contributed by atoms with van der Waals surface area (Å²) < 4.78 is 0. The van der Waals surface area contributed by atoms with Gasteiger partial charge in [-0.15, -0.1) is 11.3 Å². The van der Waals surface area contributed by atoms with Crippen LogP contribution in [0, 0.1) is 6.92 Å². The lowest BCUT2D eigenvalue weighted by Crippen LogP contribution is -2.32. The number of aromatic amines is 1. The molecule has 3 heterocycles. The topological polar surface area (TPSA) is 101 Å². The minimum absolute atomic E-state index is 0.0402. The van der Waals surface area contributed by atoms with E-state index in [1.54, 1.807) is 11.3 Å². The van der Waals surface area contributed by atoms with E-state index in [0.29, 0.717) is 12.2 Å². The van der Waals surface area contributed by atoms with Crippen LogP contribution in [0.25, 0.3) is 10.2 Å². The van der Waals surface area contributed by atoms with Crippen LogP contribution in [0.2, 0.25) is 0 Å². The molecule has 2 aliphatic carbocycles. The van der Waals surface area contributed by atoms with Gasteiger partial charge >= 0.3 is 0 Å². The third-order valence-electron chi connectivity index (χ3n) is 5.85. The molecule has 7 nitrogen and oxygen atoms in total. The number of hydrogen-bond acceptors (Lipinski definition) is 6. The fraction of sp³-hybridized carbons (Fsp3) is 0.476. The van der Waals surface area contributed by atoms with E-state index in [9.17, 15) is 9.59 Å². The number of aryl methyl sites for hydroxylation is 5. The Balaban J connectivity index is 1.28. The molecule has 1 unspecified atom stereocenters. The van der Waals surface area contributed by atoms with E-state index < -0.39 is 0 Å². The second kappa shape index (κ2) is 7.33. The van der Waals surface area contributed by atoms with Crippen molar-refractivity contribution in [3.05, 3.63) is 49.9 Å². The summed E-state index contributed by atoms with van der Waals surface area (Å²) in [6, 6.07) is -0.0402. The number of carbonyl (C=O) groups is 1. The molecule has 3 aromatic heterocycles. The molecular formula is C21H23N5O2S. The number of amides is 1. The summed E-state index contributed by atoms with van der Waals surface area (Å²) in [6.07, 6.45) is 8.50. The van der Waals surface area contributed by atoms with Crippen molar-refractivity contribution in [1.29, 1.82) is 0 Å². The third kappa shape index (κ3) is 3.46. The van der Waals surface area contributed by atoms with Crippen LogP contribution in [0.15, 0.2) is 11.0 Å². The molecule has 0 radical (unpaired) electrons. The summed E-state index contributed by atoms with van der Waals surface area (Å²) in [7, 11) is 0. The molecule has 5 rings (SSSR count). The molecule has 0 saturated heterocycles. The number of aromatic nitrogens is 4. The van der Waals surface area contributed by atoms with E-state index in [-0.39, 0.29) is 23.9 Å². The van der Waals surface area contributed by atoms with E-state index in [1.807, 2.05) is 13.1 Å². The summed E-state index contributed by atoms with van der Waals surface area (Å²) >= 11 is 1.63. The average molecular weight is 410 g/mol. The van der Waals surface area contributed by atoms with Crippen molar-refractivity contribution in [3.8, 4) is 0 Å². The highest BCUT2D eigenvalue weighted by Gasteiger charge is 2.24. The van der Waals surface area contributed by atoms with Crippen molar-refractivity contribution >= 4 is 27.5 Å². The standard InChI is InChI=1S/C21H23N5O2S/c1-11-22-10-13-14(23-11)5-3-6-15(13)24-18(27)9-8-17-25-20(28)19-12-4-2-7-16(12)29-21(19)26-17/h10,15H,2-9H2,1H3,(H,24,27)(H,25,26,28). The van der Waals surface area contributed by atoms with Crippen LogP contribution in [0.1, 0.15) is 65.1 Å². The number of hydrogen-bond donors (Lipinski definition) is 2. The van der Waals surface area contributed by atoms with E-state index in [4.69, 9.17) is 0 Å². The molecule has 0 bridgehead atoms. The van der Waals surface area contributed by atoms with Crippen molar-refractivity contribution < 1.29 is 4.79 Å². The van der Waals surface area contributed by atoms with Crippen molar-refractivity contribution in [2.75, 3.05) is 0 Å². The van der Waals surface area contributed by atoms with E-state index >= 15 is 0 Å². The highest BCUT2D eigenvalue weighted by atomic mass is 32.1. The van der Waals surface area contributed by atoms with Gasteiger partial charge in [-0.1, -0.05) is 0 Å². The van der Waals surface area contributed by atoms with Gasteiger partial charge < -0.3 is 10.3 Å². The predicted octanol–water partition coefficient (Wildman–Crippen LogP) is 2.70. The Labute approximate surface area is 172 Å². The Bertz CT molecular complexity index is 1170. The predicted molar refractivity (Wildman–Crippen MR) is 111 cm³/mol. The quantitative estimate of drug-likeness (QED) is 0.690. The second-order valence-corrected chi connectivity index (χ2v) is 8.97. The first kappa shape index (κ1) is 18.4. The summed E-state index contributed by atoms with van der Waals surface area (Å²) in [5.41, 5.74) is 3.17. The maximum absolute atomic E-state index is 12.6. The van der Waals surface area contributed by atoms with Gasteiger partial charge in [0.1, 0.15) is 16.5 Å². The maximum Gasteiger partial charge on any atom is 0.259 e. The van der Waals surface area contributed by atoms with Crippen LogP contribution in [0.5, 0.6) is 0 Å². The lowest BCUT2D eigenvalue weighted by atomic mass is 9.92. The zero-order valence-electron chi connectivity index (χ0n) is 16.4. The maximum atomic E-state index is 12.6. The number of H-pyrrole nitrogens is 1. The van der Waals surface area contributed by atoms with Crippen molar-refractivity contribution in [2.24, 2.45) is 0 Å². The molecule has 3 aromatic rings. The lowest BCUT2D eigenvalue weighted by molar-refractivity contribution is -0.121. The van der Waals surface area contributed by atoms with Crippen LogP contribution in [0.4, 0.5) is 0 Å². The Hall–Kier alpha value is -2.61. The Morgan fingerprint density at radius 3 is 3.07 bits per heavy atom. The van der Waals surface area contributed by atoms with Gasteiger partial charge in [-0.2, -0.15) is 0 Å². The summed E-state index contributed by atoms with van der Waals surface area (Å²) in [6.45, 7) is 1.88. The third-order valence-corrected chi connectivity index (χ3v) is 7.04. The molecule has 0 aliphatic heterocycles. The van der Waals surface area contributed by atoms with Crippen molar-refractivity contribution in [3.63, 3.8) is 0 Å². The lowest BCUT2D eigenvalue weighted by Gasteiger charge is -2.25. The summed E-state index contributed by atoms with van der Waals surface area (Å²) in [5.74, 6) is 1.31. The number of nitrogens with one attached hydrogen (secondary N) is 2. The first-order valence-electron chi connectivity index (χ1n) is 10.2. The van der Waals surface area contributed by atoms with Gasteiger partial charge in [-0.3, -0.25) is 9.59 Å². The van der Waals surface area contributed by atoms with E-state index in [1.165, 1.54) is 10.4 Å². The van der Waals surface area contributed by atoms with Crippen LogP contribution < -0.4 is 10.9 Å². The van der Waals surface area contributed by atoms with Gasteiger partial charge in [0, 0.05) is 35.2 Å². The molecule has 8 heteroatoms. The van der Waals surface area contributed by atoms with Gasteiger partial charge in [-0.25, -0.2) is 15.0 Å². The second-order valence-electron chi connectivity index (χ2n) is 7.88. The molecule has 29 heavy (non-hydrogen) atoms. The number of thiophene rings is 1. The molecule has 1 atom stereocenters. The summed E-state index contributed by atoms with van der Waals surface area (Å²) in [4.78, 5) is 43.5. The zero-order valence-corrected chi connectivity index (χ0v) is 17.2. The fourth-order valence-corrected chi connectivity index (χ4v) is 5.74. The molecule has 2 N–H and O–H groups in total. The Morgan fingerprint density at radius 2 is 2.17 bits per heavy atom. The first-order chi connectivity index (χ1) is 14.1. The van der Waals surface area contributed by atoms with Gasteiger partial charge in [0.05, 0.1) is 11.4 Å². The number of rotatable bonds is 4. The Kier molecular flexibility index (Phi) is 4.66. The minimum Gasteiger partial charge on any atom is -0.349 e. The normalized spacial score (nSPS) is 17.9. The zero-order chi connectivity index (χ0) is 20.0. The SMILES string of the molecule is Cc1ncc2c(n1)CCCC2NC(=O)CCc1nc2sc3c(c2c(=O)[nH]1)CCC3. The average Bonchev–Trinajstić information content (AvgIpc) is 3.27. The molecule has 2 aliphatic rings. The number of nitrogens with zero attached hydrogens (tertiary/aromatic N) is 3.